The number of urea groups is 1. The smallest absolute Gasteiger partial charge is 0.334 e. The molecule has 0 aromatic heterocycles. The largest absolute Gasteiger partial charge is 0.379 e. The molecule has 2 atom stereocenters. The van der Waals surface area contributed by atoms with Crippen LogP contribution in [0.15, 0.2) is 29.2 Å². The fraction of sp³-hybridized carbons (Fsp3) is 0.571. The molecule has 0 bridgehead atoms. The standard InChI is InChI=1S/C21H27N3O6S/c1-15-5-2-3-8-18(15)24-20(26)19(25)23(21(24)27)14-16-6-4-7-17(13-16)31(28,29)22-9-11-30-12-10-22/h4,6-7,13,15,18H,2-3,5,8-12,14H2,1H3/t15-,18-/m1/s1. The van der Waals surface area contributed by atoms with Gasteiger partial charge in [0.25, 0.3) is 0 Å². The number of sulfonamides is 1. The van der Waals surface area contributed by atoms with Gasteiger partial charge in [-0.15, -0.1) is 0 Å². The van der Waals surface area contributed by atoms with Crippen LogP contribution in [-0.4, -0.2) is 72.7 Å². The molecule has 1 saturated carbocycles. The molecule has 10 heteroatoms. The van der Waals surface area contributed by atoms with E-state index in [0.29, 0.717) is 25.2 Å². The van der Waals surface area contributed by atoms with Crippen LogP contribution in [0.5, 0.6) is 0 Å². The Morgan fingerprint density at radius 1 is 1.03 bits per heavy atom. The summed E-state index contributed by atoms with van der Waals surface area (Å²) in [5.41, 5.74) is 0.474. The molecule has 0 spiro atoms. The first-order chi connectivity index (χ1) is 14.8. The van der Waals surface area contributed by atoms with Crippen molar-refractivity contribution in [3.05, 3.63) is 29.8 Å². The third-order valence-electron chi connectivity index (χ3n) is 6.33. The molecular weight excluding hydrogens is 422 g/mol. The third kappa shape index (κ3) is 4.11. The minimum atomic E-state index is -3.70. The van der Waals surface area contributed by atoms with Crippen LogP contribution in [-0.2, 0) is 30.9 Å². The molecule has 2 saturated heterocycles. The molecule has 0 unspecified atom stereocenters. The van der Waals surface area contributed by atoms with Crippen molar-refractivity contribution in [1.82, 2.24) is 14.1 Å². The Labute approximate surface area is 182 Å². The number of hydrogen-bond donors (Lipinski definition) is 0. The van der Waals surface area contributed by atoms with Crippen LogP contribution >= 0.6 is 0 Å². The van der Waals surface area contributed by atoms with Crippen molar-refractivity contribution < 1.29 is 27.5 Å². The highest BCUT2D eigenvalue weighted by Crippen LogP contribution is 2.31. The van der Waals surface area contributed by atoms with Crippen molar-refractivity contribution in [2.45, 2.75) is 50.1 Å². The Bertz CT molecular complexity index is 989. The molecule has 1 aromatic carbocycles. The fourth-order valence-electron chi connectivity index (χ4n) is 4.56. The summed E-state index contributed by atoms with van der Waals surface area (Å²) in [6.45, 7) is 3.09. The second-order valence-corrected chi connectivity index (χ2v) is 10.3. The Morgan fingerprint density at radius 2 is 1.74 bits per heavy atom. The van der Waals surface area contributed by atoms with Gasteiger partial charge >= 0.3 is 17.8 Å². The first-order valence-corrected chi connectivity index (χ1v) is 12.1. The maximum atomic E-state index is 13.0. The summed E-state index contributed by atoms with van der Waals surface area (Å²) in [7, 11) is -3.70. The Morgan fingerprint density at radius 3 is 2.45 bits per heavy atom. The molecule has 168 valence electrons. The van der Waals surface area contributed by atoms with E-state index in [9.17, 15) is 22.8 Å². The monoisotopic (exact) mass is 449 g/mol. The van der Waals surface area contributed by atoms with Crippen LogP contribution in [0.25, 0.3) is 0 Å². The Kier molecular flexibility index (Phi) is 6.14. The number of morpholine rings is 1. The minimum absolute atomic E-state index is 0.0927. The van der Waals surface area contributed by atoms with Gasteiger partial charge in [-0.1, -0.05) is 31.9 Å². The van der Waals surface area contributed by atoms with E-state index in [4.69, 9.17) is 4.74 Å². The van der Waals surface area contributed by atoms with E-state index in [1.807, 2.05) is 6.92 Å². The summed E-state index contributed by atoms with van der Waals surface area (Å²) in [5.74, 6) is -1.50. The van der Waals surface area contributed by atoms with Crippen molar-refractivity contribution >= 4 is 27.9 Å². The average molecular weight is 450 g/mol. The van der Waals surface area contributed by atoms with Crippen LogP contribution in [0.3, 0.4) is 0 Å². The van der Waals surface area contributed by atoms with Gasteiger partial charge in [0.2, 0.25) is 10.0 Å². The lowest BCUT2D eigenvalue weighted by Crippen LogP contribution is -2.46. The summed E-state index contributed by atoms with van der Waals surface area (Å²) in [6.07, 6.45) is 3.59. The van der Waals surface area contributed by atoms with Crippen LogP contribution in [0.4, 0.5) is 4.79 Å². The van der Waals surface area contributed by atoms with E-state index in [1.54, 1.807) is 12.1 Å². The number of hydrogen-bond acceptors (Lipinski definition) is 6. The molecule has 4 rings (SSSR count). The predicted molar refractivity (Wildman–Crippen MR) is 110 cm³/mol. The van der Waals surface area contributed by atoms with E-state index in [2.05, 4.69) is 0 Å². The van der Waals surface area contributed by atoms with Gasteiger partial charge in [-0.05, 0) is 36.5 Å². The molecule has 1 aliphatic carbocycles. The molecule has 3 aliphatic rings. The second kappa shape index (κ2) is 8.68. The fourth-order valence-corrected chi connectivity index (χ4v) is 6.04. The average Bonchev–Trinajstić information content (AvgIpc) is 2.98. The van der Waals surface area contributed by atoms with Crippen molar-refractivity contribution in [2.75, 3.05) is 26.3 Å². The second-order valence-electron chi connectivity index (χ2n) is 8.34. The van der Waals surface area contributed by atoms with Crippen molar-refractivity contribution in [2.24, 2.45) is 5.92 Å². The molecule has 2 heterocycles. The SMILES string of the molecule is C[C@@H]1CCCC[C@H]1N1C(=O)C(=O)N(Cc2cccc(S(=O)(=O)N3CCOCC3)c2)C1=O. The molecule has 9 nitrogen and oxygen atoms in total. The number of nitrogens with zero attached hydrogens (tertiary/aromatic N) is 3. The van der Waals surface area contributed by atoms with Gasteiger partial charge < -0.3 is 4.74 Å². The highest BCUT2D eigenvalue weighted by atomic mass is 32.2. The first-order valence-electron chi connectivity index (χ1n) is 10.7. The predicted octanol–water partition coefficient (Wildman–Crippen LogP) is 1.58. The summed E-state index contributed by atoms with van der Waals surface area (Å²) in [5, 5.41) is 0. The van der Waals surface area contributed by atoms with Crippen LogP contribution in [0, 0.1) is 5.92 Å². The summed E-state index contributed by atoms with van der Waals surface area (Å²) < 4.78 is 32.4. The lowest BCUT2D eigenvalue weighted by Gasteiger charge is -2.34. The molecule has 31 heavy (non-hydrogen) atoms. The van der Waals surface area contributed by atoms with Crippen molar-refractivity contribution in [3.8, 4) is 0 Å². The summed E-state index contributed by atoms with van der Waals surface area (Å²) in [6, 6.07) is 5.29. The van der Waals surface area contributed by atoms with E-state index >= 15 is 0 Å². The lowest BCUT2D eigenvalue weighted by molar-refractivity contribution is -0.144. The van der Waals surface area contributed by atoms with Crippen LogP contribution in [0.2, 0.25) is 0 Å². The van der Waals surface area contributed by atoms with Crippen LogP contribution in [0.1, 0.15) is 38.2 Å². The molecule has 1 aromatic rings. The Balaban J connectivity index is 1.54. The number of ether oxygens (including phenoxy) is 1. The highest BCUT2D eigenvalue weighted by molar-refractivity contribution is 7.89. The number of amides is 4. The normalized spacial score (nSPS) is 26.0. The highest BCUT2D eigenvalue weighted by Gasteiger charge is 2.49. The Hall–Kier alpha value is -2.30. The quantitative estimate of drug-likeness (QED) is 0.499. The van der Waals surface area contributed by atoms with Gasteiger partial charge in [-0.2, -0.15) is 4.31 Å². The summed E-state index contributed by atoms with van der Waals surface area (Å²) in [4.78, 5) is 40.3. The van der Waals surface area contributed by atoms with E-state index in [-0.39, 0.29) is 36.5 Å². The van der Waals surface area contributed by atoms with Crippen LogP contribution < -0.4 is 0 Å². The zero-order valence-corrected chi connectivity index (χ0v) is 18.3. The maximum absolute atomic E-state index is 13.0. The zero-order valence-electron chi connectivity index (χ0n) is 17.5. The number of rotatable bonds is 5. The first kappa shape index (κ1) is 21.9. The molecule has 3 fully saturated rings. The van der Waals surface area contributed by atoms with Gasteiger partial charge in [0, 0.05) is 19.1 Å². The van der Waals surface area contributed by atoms with Gasteiger partial charge in [-0.25, -0.2) is 13.2 Å². The summed E-state index contributed by atoms with van der Waals surface area (Å²) >= 11 is 0. The van der Waals surface area contributed by atoms with Gasteiger partial charge in [-0.3, -0.25) is 19.4 Å². The molecular formula is C21H27N3O6S. The van der Waals surface area contributed by atoms with E-state index in [0.717, 1.165) is 29.1 Å². The number of carbonyl (C=O) groups is 3. The number of carbonyl (C=O) groups excluding carboxylic acids is 3. The van der Waals surface area contributed by atoms with Gasteiger partial charge in [0.15, 0.2) is 0 Å². The van der Waals surface area contributed by atoms with Gasteiger partial charge in [0.05, 0.1) is 24.7 Å². The van der Waals surface area contributed by atoms with Crippen molar-refractivity contribution in [1.29, 1.82) is 0 Å². The number of benzene rings is 1. The minimum Gasteiger partial charge on any atom is -0.379 e. The maximum Gasteiger partial charge on any atom is 0.334 e. The molecule has 2 aliphatic heterocycles. The number of imide groups is 2. The van der Waals surface area contributed by atoms with Gasteiger partial charge in [0.1, 0.15) is 0 Å². The van der Waals surface area contributed by atoms with Crippen molar-refractivity contribution in [3.63, 3.8) is 0 Å². The zero-order chi connectivity index (χ0) is 22.2. The molecule has 0 radical (unpaired) electrons. The third-order valence-corrected chi connectivity index (χ3v) is 8.22. The van der Waals surface area contributed by atoms with E-state index < -0.39 is 27.9 Å². The molecule has 0 N–H and O–H groups in total. The van der Waals surface area contributed by atoms with E-state index in [1.165, 1.54) is 16.4 Å². The molecule has 4 amide bonds. The lowest BCUT2D eigenvalue weighted by atomic mass is 9.85. The topological polar surface area (TPSA) is 104 Å².